The number of rotatable bonds is 3. The molecule has 2 nitrogen and oxygen atoms in total. The Kier molecular flexibility index (Phi) is 4.62. The highest BCUT2D eigenvalue weighted by Crippen LogP contribution is 2.23. The molecule has 0 spiro atoms. The van der Waals surface area contributed by atoms with Crippen LogP contribution in [0.4, 0.5) is 0 Å². The molecule has 1 rings (SSSR count). The summed E-state index contributed by atoms with van der Waals surface area (Å²) in [5, 5.41) is 0.561. The molecule has 0 bridgehead atoms. The van der Waals surface area contributed by atoms with Crippen molar-refractivity contribution >= 4 is 33.4 Å². The number of benzene rings is 1. The Morgan fingerprint density at radius 3 is 2.47 bits per heavy atom. The molecule has 0 N–H and O–H groups in total. The zero-order valence-electron chi connectivity index (χ0n) is 10.6. The van der Waals surface area contributed by atoms with Gasteiger partial charge in [-0.3, -0.25) is 4.79 Å². The molecule has 0 aliphatic carbocycles. The molecular formula is C13H17BrClNO. The van der Waals surface area contributed by atoms with E-state index in [9.17, 15) is 4.79 Å². The van der Waals surface area contributed by atoms with E-state index < -0.39 is 0 Å². The highest BCUT2D eigenvalue weighted by Gasteiger charge is 2.26. The third kappa shape index (κ3) is 3.46. The molecule has 94 valence electrons. The van der Waals surface area contributed by atoms with Crippen molar-refractivity contribution in [1.29, 1.82) is 0 Å². The predicted octanol–water partition coefficient (Wildman–Crippen LogP) is 4.36. The second-order valence-corrected chi connectivity index (χ2v) is 6.04. The zero-order valence-corrected chi connectivity index (χ0v) is 12.9. The summed E-state index contributed by atoms with van der Waals surface area (Å²) < 4.78 is 0.816. The van der Waals surface area contributed by atoms with E-state index in [1.807, 2.05) is 20.9 Å². The summed E-state index contributed by atoms with van der Waals surface area (Å²) in [4.78, 5) is 14.1. The van der Waals surface area contributed by atoms with Gasteiger partial charge in [-0.1, -0.05) is 34.5 Å². The number of amides is 1. The van der Waals surface area contributed by atoms with Crippen LogP contribution in [0.5, 0.6) is 0 Å². The maximum Gasteiger partial charge on any atom is 0.254 e. The van der Waals surface area contributed by atoms with Gasteiger partial charge in [0.25, 0.3) is 5.91 Å². The molecule has 1 aromatic carbocycles. The average Bonchev–Trinajstić information content (AvgIpc) is 2.25. The Morgan fingerprint density at radius 1 is 1.41 bits per heavy atom. The van der Waals surface area contributed by atoms with Crippen LogP contribution in [-0.2, 0) is 0 Å². The van der Waals surface area contributed by atoms with Crippen LogP contribution in [0.2, 0.25) is 5.02 Å². The molecule has 0 aliphatic rings. The van der Waals surface area contributed by atoms with Gasteiger partial charge in [-0.25, -0.2) is 0 Å². The molecule has 4 heteroatoms. The lowest BCUT2D eigenvalue weighted by atomic mass is 9.99. The van der Waals surface area contributed by atoms with Crippen LogP contribution < -0.4 is 0 Å². The van der Waals surface area contributed by atoms with E-state index in [1.54, 1.807) is 23.1 Å². The second kappa shape index (κ2) is 5.40. The minimum atomic E-state index is -0.161. The molecule has 0 heterocycles. The molecule has 0 fully saturated rings. The van der Waals surface area contributed by atoms with E-state index in [4.69, 9.17) is 11.6 Å². The van der Waals surface area contributed by atoms with Gasteiger partial charge in [-0.2, -0.15) is 0 Å². The van der Waals surface area contributed by atoms with E-state index >= 15 is 0 Å². The summed E-state index contributed by atoms with van der Waals surface area (Å²) in [7, 11) is 1.82. The molecule has 1 aromatic rings. The summed E-state index contributed by atoms with van der Waals surface area (Å²) in [6, 6.07) is 5.25. The summed E-state index contributed by atoms with van der Waals surface area (Å²) in [6.45, 7) is 6.16. The normalized spacial score (nSPS) is 11.4. The molecule has 0 aromatic heterocycles. The molecular weight excluding hydrogens is 302 g/mol. The van der Waals surface area contributed by atoms with Crippen LogP contribution in [0.3, 0.4) is 0 Å². The van der Waals surface area contributed by atoms with Gasteiger partial charge < -0.3 is 4.90 Å². The van der Waals surface area contributed by atoms with Crippen molar-refractivity contribution < 1.29 is 4.79 Å². The summed E-state index contributed by atoms with van der Waals surface area (Å²) >= 11 is 9.29. The minimum absolute atomic E-state index is 0.0138. The van der Waals surface area contributed by atoms with Crippen LogP contribution in [0.1, 0.15) is 37.6 Å². The van der Waals surface area contributed by atoms with Gasteiger partial charge in [-0.15, -0.1) is 0 Å². The van der Waals surface area contributed by atoms with E-state index in [1.165, 1.54) is 0 Å². The highest BCUT2D eigenvalue weighted by molar-refractivity contribution is 9.10. The first-order valence-corrected chi connectivity index (χ1v) is 6.69. The largest absolute Gasteiger partial charge is 0.337 e. The number of nitrogens with zero attached hydrogens (tertiary/aromatic N) is 1. The Balaban J connectivity index is 3.04. The number of carbonyl (C=O) groups is 1. The standard InChI is InChI=1S/C13H17BrClNO/c1-5-13(2,3)16(4)12(17)9-6-10(14)8-11(15)7-9/h6-8H,5H2,1-4H3. The Morgan fingerprint density at radius 2 is 2.00 bits per heavy atom. The van der Waals surface area contributed by atoms with Crippen molar-refractivity contribution in [3.63, 3.8) is 0 Å². The van der Waals surface area contributed by atoms with Crippen molar-refractivity contribution in [2.45, 2.75) is 32.7 Å². The zero-order chi connectivity index (χ0) is 13.2. The average molecular weight is 319 g/mol. The van der Waals surface area contributed by atoms with Gasteiger partial charge in [0.05, 0.1) is 0 Å². The number of halogens is 2. The van der Waals surface area contributed by atoms with E-state index in [2.05, 4.69) is 22.9 Å². The van der Waals surface area contributed by atoms with Gasteiger partial charge in [-0.05, 0) is 38.5 Å². The van der Waals surface area contributed by atoms with Crippen LogP contribution >= 0.6 is 27.5 Å². The first-order valence-electron chi connectivity index (χ1n) is 5.52. The Hall–Kier alpha value is -0.540. The summed E-state index contributed by atoms with van der Waals surface area (Å²) in [5.74, 6) is -0.0138. The third-order valence-electron chi connectivity index (χ3n) is 3.19. The molecule has 0 radical (unpaired) electrons. The molecule has 0 atom stereocenters. The van der Waals surface area contributed by atoms with Crippen molar-refractivity contribution in [1.82, 2.24) is 4.90 Å². The Bertz CT molecular complexity index is 411. The van der Waals surface area contributed by atoms with Crippen LogP contribution in [0, 0.1) is 0 Å². The number of hydrogen-bond acceptors (Lipinski definition) is 1. The molecule has 0 unspecified atom stereocenters. The third-order valence-corrected chi connectivity index (χ3v) is 3.86. The smallest absolute Gasteiger partial charge is 0.254 e. The lowest BCUT2D eigenvalue weighted by molar-refractivity contribution is 0.0620. The molecule has 1 amide bonds. The second-order valence-electron chi connectivity index (χ2n) is 4.69. The Labute approximate surface area is 116 Å². The molecule has 0 saturated heterocycles. The first-order chi connectivity index (χ1) is 7.77. The number of carbonyl (C=O) groups excluding carboxylic acids is 1. The molecule has 17 heavy (non-hydrogen) atoms. The first kappa shape index (κ1) is 14.5. The van der Waals surface area contributed by atoms with Gasteiger partial charge in [0.15, 0.2) is 0 Å². The van der Waals surface area contributed by atoms with E-state index in [0.717, 1.165) is 10.9 Å². The number of hydrogen-bond donors (Lipinski definition) is 0. The SMILES string of the molecule is CCC(C)(C)N(C)C(=O)c1cc(Cl)cc(Br)c1. The van der Waals surface area contributed by atoms with Gasteiger partial charge in [0.2, 0.25) is 0 Å². The van der Waals surface area contributed by atoms with Crippen molar-refractivity contribution in [3.8, 4) is 0 Å². The van der Waals surface area contributed by atoms with Gasteiger partial charge in [0.1, 0.15) is 0 Å². The van der Waals surface area contributed by atoms with E-state index in [-0.39, 0.29) is 11.4 Å². The van der Waals surface area contributed by atoms with Crippen molar-refractivity contribution in [2.24, 2.45) is 0 Å². The van der Waals surface area contributed by atoms with Crippen molar-refractivity contribution in [3.05, 3.63) is 33.3 Å². The lowest BCUT2D eigenvalue weighted by Gasteiger charge is -2.35. The fourth-order valence-corrected chi connectivity index (χ4v) is 2.24. The predicted molar refractivity (Wildman–Crippen MR) is 75.6 cm³/mol. The van der Waals surface area contributed by atoms with Crippen molar-refractivity contribution in [2.75, 3.05) is 7.05 Å². The fourth-order valence-electron chi connectivity index (χ4n) is 1.38. The fraction of sp³-hybridized carbons (Fsp3) is 0.462. The molecule has 0 aliphatic heterocycles. The van der Waals surface area contributed by atoms with Gasteiger partial charge in [0, 0.05) is 27.6 Å². The lowest BCUT2D eigenvalue weighted by Crippen LogP contribution is -2.44. The van der Waals surface area contributed by atoms with Crippen LogP contribution in [-0.4, -0.2) is 23.4 Å². The molecule has 0 saturated carbocycles. The van der Waals surface area contributed by atoms with E-state index in [0.29, 0.717) is 10.6 Å². The van der Waals surface area contributed by atoms with Crippen LogP contribution in [0.25, 0.3) is 0 Å². The minimum Gasteiger partial charge on any atom is -0.337 e. The summed E-state index contributed by atoms with van der Waals surface area (Å²) in [5.41, 5.74) is 0.444. The maximum absolute atomic E-state index is 12.3. The topological polar surface area (TPSA) is 20.3 Å². The monoisotopic (exact) mass is 317 g/mol. The summed E-state index contributed by atoms with van der Waals surface area (Å²) in [6.07, 6.45) is 0.900. The van der Waals surface area contributed by atoms with Gasteiger partial charge >= 0.3 is 0 Å². The maximum atomic E-state index is 12.3. The highest BCUT2D eigenvalue weighted by atomic mass is 79.9. The quantitative estimate of drug-likeness (QED) is 0.810. The van der Waals surface area contributed by atoms with Crippen LogP contribution in [0.15, 0.2) is 22.7 Å².